The molecular weight excluding hydrogens is 410 g/mol. The predicted molar refractivity (Wildman–Crippen MR) is 118 cm³/mol. The molecule has 8 nitrogen and oxygen atoms in total. The van der Waals surface area contributed by atoms with Gasteiger partial charge in [-0.1, -0.05) is 53.4 Å². The number of aromatic nitrogens is 3. The summed E-state index contributed by atoms with van der Waals surface area (Å²) in [6.07, 6.45) is 0. The molecule has 10 heteroatoms. The van der Waals surface area contributed by atoms with Crippen LogP contribution in [0.3, 0.4) is 0 Å². The van der Waals surface area contributed by atoms with Gasteiger partial charge in [0.1, 0.15) is 4.70 Å². The number of hydrogen-bond acceptors (Lipinski definition) is 10. The lowest BCUT2D eigenvalue weighted by molar-refractivity contribution is 0.0992. The number of aliphatic hydroxyl groups is 2. The number of thioether (sulfide) groups is 1. The number of fused-ring (bicyclic) bond motifs is 1. The molecule has 0 radical (unpaired) electrons. The number of thiazole rings is 1. The van der Waals surface area contributed by atoms with Crippen molar-refractivity contribution in [3.05, 3.63) is 35.9 Å². The van der Waals surface area contributed by atoms with Gasteiger partial charge in [0.15, 0.2) is 21.8 Å². The monoisotopic (exact) mass is 435 g/mol. The quantitative estimate of drug-likeness (QED) is 0.194. The van der Waals surface area contributed by atoms with E-state index in [1.54, 1.807) is 11.8 Å². The first kappa shape index (κ1) is 21.7. The van der Waals surface area contributed by atoms with E-state index in [4.69, 9.17) is 9.84 Å². The summed E-state index contributed by atoms with van der Waals surface area (Å²) < 4.78 is 6.10. The van der Waals surface area contributed by atoms with Crippen LogP contribution in [0, 0.1) is 0 Å². The molecule has 29 heavy (non-hydrogen) atoms. The lowest BCUT2D eigenvalue weighted by atomic mass is 10.2. The molecule has 1 aromatic carbocycles. The van der Waals surface area contributed by atoms with Crippen LogP contribution in [0.25, 0.3) is 10.3 Å². The molecule has 0 saturated carbocycles. The summed E-state index contributed by atoms with van der Waals surface area (Å²) >= 11 is 3.01. The summed E-state index contributed by atoms with van der Waals surface area (Å²) in [7, 11) is 0. The van der Waals surface area contributed by atoms with Crippen molar-refractivity contribution in [2.75, 3.05) is 43.6 Å². The van der Waals surface area contributed by atoms with Crippen LogP contribution in [0.2, 0.25) is 0 Å². The van der Waals surface area contributed by atoms with E-state index < -0.39 is 0 Å². The van der Waals surface area contributed by atoms with Crippen molar-refractivity contribution in [1.29, 1.82) is 0 Å². The average Bonchev–Trinajstić information content (AvgIpc) is 3.16. The van der Waals surface area contributed by atoms with E-state index in [1.165, 1.54) is 16.9 Å². The van der Waals surface area contributed by atoms with Crippen molar-refractivity contribution in [1.82, 2.24) is 15.0 Å². The van der Waals surface area contributed by atoms with Crippen LogP contribution in [0.5, 0.6) is 0 Å². The highest BCUT2D eigenvalue weighted by Gasteiger charge is 2.15. The van der Waals surface area contributed by atoms with E-state index >= 15 is 0 Å². The molecule has 0 fully saturated rings. The predicted octanol–water partition coefficient (Wildman–Crippen LogP) is 2.59. The molecule has 0 aliphatic heterocycles. The summed E-state index contributed by atoms with van der Waals surface area (Å²) in [6.45, 7) is 3.29. The Morgan fingerprint density at radius 2 is 1.97 bits per heavy atom. The van der Waals surface area contributed by atoms with E-state index in [1.807, 2.05) is 25.1 Å². The standard InChI is InChI=1S/C19H25N5O3S2/c1-13(11-26)21-16-15-17(22-18(29-15)20-7-9-27-10-8-25)24-19(23-16)28-12-14-5-3-2-4-6-14/h2-6,13,25-26H,7-12H2,1H3,(H2,20,21,22,23,24). The van der Waals surface area contributed by atoms with Crippen molar-refractivity contribution < 1.29 is 14.9 Å². The van der Waals surface area contributed by atoms with Crippen LogP contribution in [0.4, 0.5) is 10.9 Å². The van der Waals surface area contributed by atoms with Gasteiger partial charge >= 0.3 is 0 Å². The Hall–Kier alpha value is -1.98. The second-order valence-corrected chi connectivity index (χ2v) is 8.23. The van der Waals surface area contributed by atoms with Gasteiger partial charge in [0.05, 0.1) is 26.4 Å². The van der Waals surface area contributed by atoms with E-state index in [0.717, 1.165) is 15.6 Å². The van der Waals surface area contributed by atoms with Crippen molar-refractivity contribution >= 4 is 44.4 Å². The largest absolute Gasteiger partial charge is 0.394 e. The number of anilines is 2. The van der Waals surface area contributed by atoms with Gasteiger partial charge in [0.25, 0.3) is 0 Å². The maximum atomic E-state index is 9.41. The summed E-state index contributed by atoms with van der Waals surface area (Å²) in [5, 5.41) is 26.0. The van der Waals surface area contributed by atoms with E-state index in [9.17, 15) is 5.11 Å². The highest BCUT2D eigenvalue weighted by Crippen LogP contribution is 2.33. The fraction of sp³-hybridized carbons (Fsp3) is 0.421. The van der Waals surface area contributed by atoms with Crippen LogP contribution in [-0.4, -0.2) is 64.2 Å². The Bertz CT molecular complexity index is 894. The molecule has 1 atom stereocenters. The van der Waals surface area contributed by atoms with E-state index in [-0.39, 0.29) is 19.3 Å². The normalized spacial score (nSPS) is 12.2. The molecule has 0 spiro atoms. The van der Waals surface area contributed by atoms with Crippen LogP contribution < -0.4 is 10.6 Å². The Morgan fingerprint density at radius 1 is 1.14 bits per heavy atom. The molecule has 0 bridgehead atoms. The minimum atomic E-state index is -0.134. The van der Waals surface area contributed by atoms with Crippen molar-refractivity contribution in [3.63, 3.8) is 0 Å². The molecule has 0 saturated heterocycles. The first-order valence-electron chi connectivity index (χ1n) is 9.34. The summed E-state index contributed by atoms with van der Waals surface area (Å²) in [6, 6.07) is 10.0. The van der Waals surface area contributed by atoms with E-state index in [2.05, 4.69) is 37.7 Å². The maximum absolute atomic E-state index is 9.41. The highest BCUT2D eigenvalue weighted by molar-refractivity contribution is 7.98. The molecule has 156 valence electrons. The number of aliphatic hydroxyl groups excluding tert-OH is 2. The first-order valence-corrected chi connectivity index (χ1v) is 11.1. The third kappa shape index (κ3) is 6.51. The number of rotatable bonds is 12. The van der Waals surface area contributed by atoms with Gasteiger partial charge in [0, 0.05) is 18.3 Å². The number of hydrogen-bond donors (Lipinski definition) is 4. The molecule has 0 aliphatic carbocycles. The molecule has 3 rings (SSSR count). The Kier molecular flexibility index (Phi) is 8.44. The Labute approximate surface area is 177 Å². The minimum absolute atomic E-state index is 0.00406. The van der Waals surface area contributed by atoms with Crippen molar-refractivity contribution in [2.24, 2.45) is 0 Å². The van der Waals surface area contributed by atoms with Gasteiger partial charge in [-0.3, -0.25) is 0 Å². The zero-order valence-electron chi connectivity index (χ0n) is 16.2. The molecule has 0 aliphatic rings. The lowest BCUT2D eigenvalue weighted by Crippen LogP contribution is -2.20. The second-order valence-electron chi connectivity index (χ2n) is 6.29. The Morgan fingerprint density at radius 3 is 2.72 bits per heavy atom. The molecule has 2 aromatic heterocycles. The number of benzene rings is 1. The zero-order valence-corrected chi connectivity index (χ0v) is 17.8. The summed E-state index contributed by atoms with van der Waals surface area (Å²) in [5.74, 6) is 1.44. The zero-order chi connectivity index (χ0) is 20.5. The van der Waals surface area contributed by atoms with Crippen LogP contribution in [-0.2, 0) is 10.5 Å². The average molecular weight is 436 g/mol. The second kappa shape index (κ2) is 11.3. The number of nitrogens with one attached hydrogen (secondary N) is 2. The topological polar surface area (TPSA) is 112 Å². The fourth-order valence-corrected chi connectivity index (χ4v) is 4.12. The molecule has 2 heterocycles. The third-order valence-corrected chi connectivity index (χ3v) is 5.79. The molecule has 4 N–H and O–H groups in total. The maximum Gasteiger partial charge on any atom is 0.191 e. The number of ether oxygens (including phenoxy) is 1. The smallest absolute Gasteiger partial charge is 0.191 e. The minimum Gasteiger partial charge on any atom is -0.394 e. The van der Waals surface area contributed by atoms with Gasteiger partial charge < -0.3 is 25.6 Å². The van der Waals surface area contributed by atoms with Gasteiger partial charge in [0.2, 0.25) is 0 Å². The molecule has 0 amide bonds. The Balaban J connectivity index is 1.76. The van der Waals surface area contributed by atoms with Crippen molar-refractivity contribution in [3.8, 4) is 0 Å². The van der Waals surface area contributed by atoms with Crippen LogP contribution in [0.15, 0.2) is 35.5 Å². The molecule has 1 unspecified atom stereocenters. The number of nitrogens with zero attached hydrogens (tertiary/aromatic N) is 3. The lowest BCUT2D eigenvalue weighted by Gasteiger charge is -2.12. The highest BCUT2D eigenvalue weighted by atomic mass is 32.2. The first-order chi connectivity index (χ1) is 14.2. The van der Waals surface area contributed by atoms with Gasteiger partial charge in [-0.05, 0) is 12.5 Å². The molecular formula is C19H25N5O3S2. The van der Waals surface area contributed by atoms with E-state index in [0.29, 0.717) is 36.4 Å². The van der Waals surface area contributed by atoms with Crippen LogP contribution >= 0.6 is 23.1 Å². The van der Waals surface area contributed by atoms with Crippen molar-refractivity contribution in [2.45, 2.75) is 23.9 Å². The van der Waals surface area contributed by atoms with Gasteiger partial charge in [-0.15, -0.1) is 0 Å². The van der Waals surface area contributed by atoms with Gasteiger partial charge in [-0.25, -0.2) is 9.97 Å². The van der Waals surface area contributed by atoms with Crippen LogP contribution in [0.1, 0.15) is 12.5 Å². The molecule has 3 aromatic rings. The summed E-state index contributed by atoms with van der Waals surface area (Å²) in [4.78, 5) is 13.8. The van der Waals surface area contributed by atoms with Gasteiger partial charge in [-0.2, -0.15) is 4.98 Å². The SMILES string of the molecule is CC(CO)Nc1nc(SCc2ccccc2)nc2nc(NCCOCCO)sc12. The summed E-state index contributed by atoms with van der Waals surface area (Å²) in [5.41, 5.74) is 1.81. The third-order valence-electron chi connectivity index (χ3n) is 3.86. The fourth-order valence-electron chi connectivity index (χ4n) is 2.44.